The fourth-order valence-corrected chi connectivity index (χ4v) is 0.423. The van der Waals surface area contributed by atoms with E-state index in [1.165, 1.54) is 6.08 Å². The number of carbonyl (C=O) groups excluding carboxylic acids is 1. The van der Waals surface area contributed by atoms with Gasteiger partial charge >= 0.3 is 6.09 Å². The molecule has 0 aliphatic rings. The third-order valence-corrected chi connectivity index (χ3v) is 0.970. The average Bonchev–Trinajstić information content (AvgIpc) is 2.00. The first-order valence-electron chi connectivity index (χ1n) is 3.35. The van der Waals surface area contributed by atoms with E-state index in [1.54, 1.807) is 6.92 Å². The average molecular weight is 159 g/mol. The predicted octanol–water partition coefficient (Wildman–Crippen LogP) is 0.279. The molecule has 0 aromatic rings. The highest BCUT2D eigenvalue weighted by atomic mass is 16.5. The van der Waals surface area contributed by atoms with Crippen LogP contribution in [0.5, 0.6) is 0 Å². The van der Waals surface area contributed by atoms with Crippen LogP contribution >= 0.6 is 0 Å². The zero-order valence-electron chi connectivity index (χ0n) is 6.54. The molecular weight excluding hydrogens is 146 g/mol. The minimum atomic E-state index is -0.536. The number of rotatable bonds is 4. The summed E-state index contributed by atoms with van der Waals surface area (Å²) < 4.78 is 4.58. The quantitative estimate of drug-likeness (QED) is 0.579. The molecule has 0 saturated heterocycles. The molecule has 4 heteroatoms. The third-order valence-electron chi connectivity index (χ3n) is 0.970. The molecule has 0 unspecified atom stereocenters. The van der Waals surface area contributed by atoms with Crippen molar-refractivity contribution in [2.24, 2.45) is 0 Å². The van der Waals surface area contributed by atoms with Crippen LogP contribution in [0.1, 0.15) is 6.92 Å². The molecule has 4 nitrogen and oxygen atoms in total. The van der Waals surface area contributed by atoms with Crippen molar-refractivity contribution in [1.29, 1.82) is 0 Å². The van der Waals surface area contributed by atoms with E-state index < -0.39 is 6.09 Å². The number of amides is 1. The summed E-state index contributed by atoms with van der Waals surface area (Å²) in [5.41, 5.74) is 0. The molecule has 0 aliphatic carbocycles. The maximum absolute atomic E-state index is 10.7. The molecule has 0 radical (unpaired) electrons. The zero-order valence-corrected chi connectivity index (χ0v) is 6.54. The number of aliphatic hydroxyl groups is 1. The highest BCUT2D eigenvalue weighted by molar-refractivity contribution is 5.67. The zero-order chi connectivity index (χ0) is 8.69. The summed E-state index contributed by atoms with van der Waals surface area (Å²) in [5, 5.41) is 10.9. The Balaban J connectivity index is 3.43. The van der Waals surface area contributed by atoms with E-state index in [1.807, 2.05) is 0 Å². The Morgan fingerprint density at radius 3 is 3.00 bits per heavy atom. The summed E-state index contributed by atoms with van der Waals surface area (Å²) >= 11 is 0. The number of aliphatic hydroxyl groups excluding tert-OH is 1. The van der Waals surface area contributed by atoms with E-state index in [0.717, 1.165) is 0 Å². The van der Waals surface area contributed by atoms with Crippen molar-refractivity contribution in [3.05, 3.63) is 12.7 Å². The molecular formula is C7H13NO3. The summed E-state index contributed by atoms with van der Waals surface area (Å²) in [4.78, 5) is 10.7. The van der Waals surface area contributed by atoms with Crippen molar-refractivity contribution in [2.75, 3.05) is 13.2 Å². The summed E-state index contributed by atoms with van der Waals surface area (Å²) in [7, 11) is 0. The Bertz CT molecular complexity index is 136. The lowest BCUT2D eigenvalue weighted by molar-refractivity contribution is 0.148. The molecule has 0 saturated carbocycles. The van der Waals surface area contributed by atoms with Crippen molar-refractivity contribution >= 4 is 6.09 Å². The van der Waals surface area contributed by atoms with Crippen LogP contribution < -0.4 is 5.32 Å². The molecule has 0 bridgehead atoms. The monoisotopic (exact) mass is 159 g/mol. The minimum Gasteiger partial charge on any atom is -0.445 e. The van der Waals surface area contributed by atoms with E-state index in [-0.39, 0.29) is 19.3 Å². The number of nitrogens with one attached hydrogen (secondary N) is 1. The predicted molar refractivity (Wildman–Crippen MR) is 41.2 cm³/mol. The molecule has 1 atom stereocenters. The van der Waals surface area contributed by atoms with Gasteiger partial charge in [0.25, 0.3) is 0 Å². The van der Waals surface area contributed by atoms with Gasteiger partial charge in [0.1, 0.15) is 6.61 Å². The lowest BCUT2D eigenvalue weighted by Crippen LogP contribution is -2.35. The van der Waals surface area contributed by atoms with Crippen LogP contribution in [0.2, 0.25) is 0 Å². The van der Waals surface area contributed by atoms with Crippen LogP contribution in [0.4, 0.5) is 4.79 Å². The molecule has 2 N–H and O–H groups in total. The smallest absolute Gasteiger partial charge is 0.407 e. The molecule has 11 heavy (non-hydrogen) atoms. The topological polar surface area (TPSA) is 58.6 Å². The van der Waals surface area contributed by atoms with E-state index >= 15 is 0 Å². The molecule has 1 amide bonds. The summed E-state index contributed by atoms with van der Waals surface area (Å²) in [6.45, 7) is 5.14. The number of ether oxygens (including phenoxy) is 1. The minimum absolute atomic E-state index is 0.0941. The molecule has 0 aliphatic heterocycles. The molecule has 0 fully saturated rings. The van der Waals surface area contributed by atoms with Gasteiger partial charge in [-0.25, -0.2) is 4.79 Å². The first-order chi connectivity index (χ1) is 5.20. The van der Waals surface area contributed by atoms with Gasteiger partial charge in [-0.3, -0.25) is 0 Å². The lowest BCUT2D eigenvalue weighted by Gasteiger charge is -2.09. The Labute approximate surface area is 65.9 Å². The van der Waals surface area contributed by atoms with Gasteiger partial charge in [-0.2, -0.15) is 0 Å². The second-order valence-corrected chi connectivity index (χ2v) is 2.12. The first-order valence-corrected chi connectivity index (χ1v) is 3.35. The van der Waals surface area contributed by atoms with Crippen LogP contribution in [-0.2, 0) is 4.74 Å². The van der Waals surface area contributed by atoms with E-state index in [9.17, 15) is 4.79 Å². The van der Waals surface area contributed by atoms with Crippen molar-refractivity contribution < 1.29 is 14.6 Å². The van der Waals surface area contributed by atoms with E-state index in [0.29, 0.717) is 0 Å². The maximum Gasteiger partial charge on any atom is 0.407 e. The molecule has 0 aromatic carbocycles. The van der Waals surface area contributed by atoms with Crippen molar-refractivity contribution in [2.45, 2.75) is 13.0 Å². The van der Waals surface area contributed by atoms with Gasteiger partial charge in [-0.15, -0.1) is 0 Å². The summed E-state index contributed by atoms with van der Waals surface area (Å²) in [6.07, 6.45) is 0.940. The lowest BCUT2D eigenvalue weighted by atomic mass is 10.4. The molecule has 64 valence electrons. The van der Waals surface area contributed by atoms with Crippen molar-refractivity contribution in [1.82, 2.24) is 5.32 Å². The fourth-order valence-electron chi connectivity index (χ4n) is 0.423. The van der Waals surface area contributed by atoms with Gasteiger partial charge in [0.05, 0.1) is 12.6 Å². The fraction of sp³-hybridized carbons (Fsp3) is 0.571. The van der Waals surface area contributed by atoms with Gasteiger partial charge < -0.3 is 15.2 Å². The highest BCUT2D eigenvalue weighted by Crippen LogP contribution is 1.82. The Morgan fingerprint density at radius 1 is 1.91 bits per heavy atom. The third kappa shape index (κ3) is 5.42. The second-order valence-electron chi connectivity index (χ2n) is 2.12. The van der Waals surface area contributed by atoms with Gasteiger partial charge in [0.15, 0.2) is 0 Å². The number of alkyl carbamates (subject to hydrolysis) is 1. The Morgan fingerprint density at radius 2 is 2.55 bits per heavy atom. The standard InChI is InChI=1S/C7H13NO3/c1-3-4-11-7(10)8-6(2)5-9/h3,6,9H,1,4-5H2,2H3,(H,8,10)/t6-/m1/s1. The van der Waals surface area contributed by atoms with E-state index in [2.05, 4.69) is 16.6 Å². The second kappa shape index (κ2) is 5.73. The van der Waals surface area contributed by atoms with Gasteiger partial charge in [-0.05, 0) is 6.92 Å². The molecule has 0 heterocycles. The largest absolute Gasteiger partial charge is 0.445 e. The maximum atomic E-state index is 10.7. The highest BCUT2D eigenvalue weighted by Gasteiger charge is 2.04. The molecule has 0 rings (SSSR count). The van der Waals surface area contributed by atoms with Crippen molar-refractivity contribution in [3.8, 4) is 0 Å². The van der Waals surface area contributed by atoms with Gasteiger partial charge in [-0.1, -0.05) is 12.7 Å². The van der Waals surface area contributed by atoms with Crippen LogP contribution in [0.25, 0.3) is 0 Å². The van der Waals surface area contributed by atoms with Crippen LogP contribution in [-0.4, -0.2) is 30.5 Å². The van der Waals surface area contributed by atoms with E-state index in [4.69, 9.17) is 5.11 Å². The number of carbonyl (C=O) groups is 1. The van der Waals surface area contributed by atoms with Crippen LogP contribution in [0.3, 0.4) is 0 Å². The van der Waals surface area contributed by atoms with Gasteiger partial charge in [0, 0.05) is 0 Å². The Hall–Kier alpha value is -1.03. The summed E-state index contributed by atoms with van der Waals surface area (Å²) in [6, 6.07) is -0.271. The summed E-state index contributed by atoms with van der Waals surface area (Å²) in [5.74, 6) is 0. The number of hydrogen-bond acceptors (Lipinski definition) is 3. The first kappa shape index (κ1) is 9.97. The molecule has 0 aromatic heterocycles. The SMILES string of the molecule is C=CCOC(=O)N[C@H](C)CO. The van der Waals surface area contributed by atoms with Crippen LogP contribution in [0, 0.1) is 0 Å². The normalized spacial score (nSPS) is 11.8. The Kier molecular flexibility index (Phi) is 5.20. The number of hydrogen-bond donors (Lipinski definition) is 2. The van der Waals surface area contributed by atoms with Gasteiger partial charge in [0.2, 0.25) is 0 Å². The molecule has 0 spiro atoms. The van der Waals surface area contributed by atoms with Crippen LogP contribution in [0.15, 0.2) is 12.7 Å². The van der Waals surface area contributed by atoms with Crippen molar-refractivity contribution in [3.63, 3.8) is 0 Å².